The molecule has 11 heavy (non-hydrogen) atoms. The first-order valence-corrected chi connectivity index (χ1v) is 4.40. The average Bonchev–Trinajstić information content (AvgIpc) is 2.04. The number of aliphatic hydroxyl groups is 1. The molecule has 0 aromatic heterocycles. The molecule has 0 aromatic rings. The Morgan fingerprint density at radius 1 is 1.18 bits per heavy atom. The Kier molecular flexibility index (Phi) is 5.51. The molecule has 2 heteroatoms. The Balaban J connectivity index is 3.96. The van der Waals surface area contributed by atoms with Crippen molar-refractivity contribution < 1.29 is 9.84 Å². The van der Waals surface area contributed by atoms with Gasteiger partial charge < -0.3 is 9.84 Å². The van der Waals surface area contributed by atoms with Gasteiger partial charge in [-0.05, 0) is 12.8 Å². The van der Waals surface area contributed by atoms with Gasteiger partial charge >= 0.3 is 0 Å². The van der Waals surface area contributed by atoms with E-state index in [-0.39, 0.29) is 12.2 Å². The molecule has 0 amide bonds. The quantitative estimate of drug-likeness (QED) is 0.643. The molecule has 0 rings (SSSR count). The molecule has 68 valence electrons. The number of aliphatic hydroxyl groups excluding tert-OH is 1. The Hall–Kier alpha value is -0.0800. The van der Waals surface area contributed by atoms with E-state index in [4.69, 9.17) is 9.84 Å². The molecule has 0 unspecified atom stereocenters. The summed E-state index contributed by atoms with van der Waals surface area (Å²) < 4.78 is 5.32. The minimum absolute atomic E-state index is 0.144. The topological polar surface area (TPSA) is 29.5 Å². The van der Waals surface area contributed by atoms with Crippen molar-refractivity contribution in [1.29, 1.82) is 0 Å². The first kappa shape index (κ1) is 10.9. The van der Waals surface area contributed by atoms with E-state index in [0.717, 1.165) is 25.7 Å². The molecule has 2 nitrogen and oxygen atoms in total. The predicted molar refractivity (Wildman–Crippen MR) is 46.6 cm³/mol. The second kappa shape index (κ2) is 5.56. The van der Waals surface area contributed by atoms with Crippen LogP contribution in [0.5, 0.6) is 0 Å². The maximum Gasteiger partial charge on any atom is 0.0908 e. The number of hydrogen-bond donors (Lipinski definition) is 1. The summed E-state index contributed by atoms with van der Waals surface area (Å²) in [4.78, 5) is 0. The van der Waals surface area contributed by atoms with E-state index in [2.05, 4.69) is 13.8 Å². The molecule has 0 aliphatic carbocycles. The third-order valence-corrected chi connectivity index (χ3v) is 2.13. The molecule has 0 atom stereocenters. The third-order valence-electron chi connectivity index (χ3n) is 2.13. The Morgan fingerprint density at radius 2 is 1.64 bits per heavy atom. The van der Waals surface area contributed by atoms with Crippen LogP contribution in [0.4, 0.5) is 0 Å². The van der Waals surface area contributed by atoms with Gasteiger partial charge in [-0.25, -0.2) is 0 Å². The standard InChI is InChI=1S/C9H20O2/c1-4-6-9(8-10,11-3)7-5-2/h10H,4-8H2,1-3H3. The summed E-state index contributed by atoms with van der Waals surface area (Å²) in [6, 6.07) is 0. The van der Waals surface area contributed by atoms with Gasteiger partial charge in [0, 0.05) is 7.11 Å². The van der Waals surface area contributed by atoms with Gasteiger partial charge in [-0.1, -0.05) is 26.7 Å². The highest BCUT2D eigenvalue weighted by Crippen LogP contribution is 2.22. The van der Waals surface area contributed by atoms with Gasteiger partial charge in [0.1, 0.15) is 0 Å². The Bertz CT molecular complexity index is 79.6. The highest BCUT2D eigenvalue weighted by Gasteiger charge is 2.26. The number of ether oxygens (including phenoxy) is 1. The van der Waals surface area contributed by atoms with Crippen molar-refractivity contribution in [3.8, 4) is 0 Å². The summed E-state index contributed by atoms with van der Waals surface area (Å²) in [5.74, 6) is 0. The van der Waals surface area contributed by atoms with E-state index in [9.17, 15) is 0 Å². The molecule has 0 fully saturated rings. The second-order valence-corrected chi connectivity index (χ2v) is 3.05. The normalized spacial score (nSPS) is 12.0. The average molecular weight is 160 g/mol. The molecule has 0 saturated heterocycles. The van der Waals surface area contributed by atoms with Crippen molar-refractivity contribution in [3.05, 3.63) is 0 Å². The minimum atomic E-state index is -0.260. The van der Waals surface area contributed by atoms with E-state index in [1.165, 1.54) is 0 Å². The van der Waals surface area contributed by atoms with Crippen LogP contribution in [0.2, 0.25) is 0 Å². The van der Waals surface area contributed by atoms with E-state index in [0.29, 0.717) is 0 Å². The highest BCUT2D eigenvalue weighted by molar-refractivity contribution is 4.78. The summed E-state index contributed by atoms with van der Waals surface area (Å²) in [5, 5.41) is 9.11. The maximum atomic E-state index is 9.11. The van der Waals surface area contributed by atoms with Gasteiger partial charge in [0.15, 0.2) is 0 Å². The Morgan fingerprint density at radius 3 is 1.82 bits per heavy atom. The van der Waals surface area contributed by atoms with Crippen LogP contribution >= 0.6 is 0 Å². The molecule has 0 spiro atoms. The molecule has 1 N–H and O–H groups in total. The van der Waals surface area contributed by atoms with Crippen molar-refractivity contribution in [2.75, 3.05) is 13.7 Å². The van der Waals surface area contributed by atoms with Crippen LogP contribution in [0.3, 0.4) is 0 Å². The number of rotatable bonds is 6. The predicted octanol–water partition coefficient (Wildman–Crippen LogP) is 1.96. The largest absolute Gasteiger partial charge is 0.393 e. The van der Waals surface area contributed by atoms with Crippen molar-refractivity contribution >= 4 is 0 Å². The van der Waals surface area contributed by atoms with Crippen LogP contribution in [-0.2, 0) is 4.74 Å². The van der Waals surface area contributed by atoms with Crippen molar-refractivity contribution in [1.82, 2.24) is 0 Å². The SMILES string of the molecule is CCCC(CO)(CCC)OC. The van der Waals surface area contributed by atoms with Gasteiger partial charge in [0.2, 0.25) is 0 Å². The van der Waals surface area contributed by atoms with E-state index >= 15 is 0 Å². The fraction of sp³-hybridized carbons (Fsp3) is 1.00. The van der Waals surface area contributed by atoms with Crippen LogP contribution in [0, 0.1) is 0 Å². The van der Waals surface area contributed by atoms with Crippen LogP contribution in [0.15, 0.2) is 0 Å². The smallest absolute Gasteiger partial charge is 0.0908 e. The molecule has 0 aliphatic rings. The van der Waals surface area contributed by atoms with E-state index in [1.54, 1.807) is 7.11 Å². The first-order chi connectivity index (χ1) is 5.24. The van der Waals surface area contributed by atoms with Crippen LogP contribution in [-0.4, -0.2) is 24.4 Å². The van der Waals surface area contributed by atoms with Gasteiger partial charge in [-0.15, -0.1) is 0 Å². The zero-order valence-electron chi connectivity index (χ0n) is 7.89. The summed E-state index contributed by atoms with van der Waals surface area (Å²) in [6.07, 6.45) is 4.03. The van der Waals surface area contributed by atoms with Crippen LogP contribution in [0.25, 0.3) is 0 Å². The summed E-state index contributed by atoms with van der Waals surface area (Å²) in [5.41, 5.74) is -0.260. The molecule has 0 aromatic carbocycles. The van der Waals surface area contributed by atoms with Crippen LogP contribution < -0.4 is 0 Å². The number of methoxy groups -OCH3 is 1. The van der Waals surface area contributed by atoms with E-state index < -0.39 is 0 Å². The van der Waals surface area contributed by atoms with Crippen molar-refractivity contribution in [3.63, 3.8) is 0 Å². The fourth-order valence-corrected chi connectivity index (χ4v) is 1.46. The molecule has 0 radical (unpaired) electrons. The molecular weight excluding hydrogens is 140 g/mol. The first-order valence-electron chi connectivity index (χ1n) is 4.40. The van der Waals surface area contributed by atoms with Gasteiger partial charge in [-0.2, -0.15) is 0 Å². The fourth-order valence-electron chi connectivity index (χ4n) is 1.46. The molecule has 0 saturated carbocycles. The lowest BCUT2D eigenvalue weighted by molar-refractivity contribution is -0.0642. The maximum absolute atomic E-state index is 9.11. The van der Waals surface area contributed by atoms with Crippen molar-refractivity contribution in [2.45, 2.75) is 45.1 Å². The minimum Gasteiger partial charge on any atom is -0.393 e. The lowest BCUT2D eigenvalue weighted by Gasteiger charge is -2.29. The molecular formula is C9H20O2. The molecule has 0 bridgehead atoms. The van der Waals surface area contributed by atoms with E-state index in [1.807, 2.05) is 0 Å². The monoisotopic (exact) mass is 160 g/mol. The lowest BCUT2D eigenvalue weighted by atomic mass is 9.93. The van der Waals surface area contributed by atoms with Gasteiger partial charge in [-0.3, -0.25) is 0 Å². The van der Waals surface area contributed by atoms with Crippen LogP contribution in [0.1, 0.15) is 39.5 Å². The summed E-state index contributed by atoms with van der Waals surface area (Å²) in [7, 11) is 1.68. The lowest BCUT2D eigenvalue weighted by Crippen LogP contribution is -2.35. The zero-order valence-corrected chi connectivity index (χ0v) is 7.89. The second-order valence-electron chi connectivity index (χ2n) is 3.05. The summed E-state index contributed by atoms with van der Waals surface area (Å²) >= 11 is 0. The van der Waals surface area contributed by atoms with Gasteiger partial charge in [0.05, 0.1) is 12.2 Å². The molecule has 0 aliphatic heterocycles. The highest BCUT2D eigenvalue weighted by atomic mass is 16.5. The zero-order chi connectivity index (χ0) is 8.74. The Labute approximate surface area is 69.6 Å². The number of hydrogen-bond acceptors (Lipinski definition) is 2. The molecule has 0 heterocycles. The van der Waals surface area contributed by atoms with Crippen molar-refractivity contribution in [2.24, 2.45) is 0 Å². The van der Waals surface area contributed by atoms with Gasteiger partial charge in [0.25, 0.3) is 0 Å². The third kappa shape index (κ3) is 3.21. The summed E-state index contributed by atoms with van der Waals surface area (Å²) in [6.45, 7) is 4.36.